The molecule has 3 aromatic heterocycles. The van der Waals surface area contributed by atoms with Gasteiger partial charge >= 0.3 is 6.09 Å². The van der Waals surface area contributed by atoms with Crippen LogP contribution in [0.5, 0.6) is 0 Å². The SMILES string of the molecule is CC(=O)c1sc(-c2ccc(NC(=O)c3cc(NC(=O)OC(C)(C)C)cn3C)cn2)cc1C. The van der Waals surface area contributed by atoms with E-state index in [0.29, 0.717) is 17.1 Å². The Morgan fingerprint density at radius 2 is 1.81 bits per heavy atom. The fourth-order valence-electron chi connectivity index (χ4n) is 3.05. The lowest BCUT2D eigenvalue weighted by atomic mass is 10.2. The van der Waals surface area contributed by atoms with Gasteiger partial charge in [0.2, 0.25) is 0 Å². The number of carbonyl (C=O) groups excluding carboxylic acids is 3. The van der Waals surface area contributed by atoms with Crippen molar-refractivity contribution >= 4 is 40.5 Å². The Bertz CT molecular complexity index is 1170. The Labute approximate surface area is 190 Å². The lowest BCUT2D eigenvalue weighted by Crippen LogP contribution is -2.27. The first-order valence-electron chi connectivity index (χ1n) is 9.98. The summed E-state index contributed by atoms with van der Waals surface area (Å²) >= 11 is 1.40. The van der Waals surface area contributed by atoms with Gasteiger partial charge in [-0.05, 0) is 64.4 Å². The number of thiophene rings is 1. The zero-order valence-corrected chi connectivity index (χ0v) is 19.7. The molecule has 8 nitrogen and oxygen atoms in total. The Hall–Kier alpha value is -3.46. The van der Waals surface area contributed by atoms with Gasteiger partial charge in [0, 0.05) is 13.2 Å². The molecule has 32 heavy (non-hydrogen) atoms. The number of nitrogens with zero attached hydrogens (tertiary/aromatic N) is 2. The third-order valence-corrected chi connectivity index (χ3v) is 5.75. The number of rotatable bonds is 5. The molecule has 0 saturated heterocycles. The zero-order chi connectivity index (χ0) is 23.6. The Morgan fingerprint density at radius 1 is 1.09 bits per heavy atom. The predicted molar refractivity (Wildman–Crippen MR) is 126 cm³/mol. The van der Waals surface area contributed by atoms with Crippen LogP contribution >= 0.6 is 11.3 Å². The summed E-state index contributed by atoms with van der Waals surface area (Å²) in [6.45, 7) is 8.77. The number of aromatic nitrogens is 2. The minimum absolute atomic E-state index is 0.0331. The summed E-state index contributed by atoms with van der Waals surface area (Å²) in [5, 5.41) is 5.42. The van der Waals surface area contributed by atoms with E-state index in [2.05, 4.69) is 15.6 Å². The maximum Gasteiger partial charge on any atom is 0.412 e. The molecule has 3 rings (SSSR count). The van der Waals surface area contributed by atoms with E-state index < -0.39 is 11.7 Å². The summed E-state index contributed by atoms with van der Waals surface area (Å²) < 4.78 is 6.84. The van der Waals surface area contributed by atoms with Gasteiger partial charge in [0.15, 0.2) is 5.78 Å². The van der Waals surface area contributed by atoms with Crippen LogP contribution in [-0.2, 0) is 11.8 Å². The lowest BCUT2D eigenvalue weighted by molar-refractivity contribution is 0.0635. The molecule has 0 aliphatic heterocycles. The number of aryl methyl sites for hydroxylation is 2. The molecule has 0 saturated carbocycles. The minimum atomic E-state index is -0.617. The molecule has 2 amide bonds. The average Bonchev–Trinajstić information content (AvgIpc) is 3.23. The van der Waals surface area contributed by atoms with E-state index in [1.54, 1.807) is 69.9 Å². The molecule has 0 aliphatic rings. The molecule has 9 heteroatoms. The summed E-state index contributed by atoms with van der Waals surface area (Å²) in [5.41, 5.74) is 2.38. The second-order valence-electron chi connectivity index (χ2n) is 8.42. The molecule has 0 unspecified atom stereocenters. The van der Waals surface area contributed by atoms with Crippen LogP contribution in [0, 0.1) is 6.92 Å². The topological polar surface area (TPSA) is 102 Å². The van der Waals surface area contributed by atoms with Crippen molar-refractivity contribution < 1.29 is 19.1 Å². The smallest absolute Gasteiger partial charge is 0.412 e. The van der Waals surface area contributed by atoms with Gasteiger partial charge in [-0.15, -0.1) is 11.3 Å². The van der Waals surface area contributed by atoms with Crippen LogP contribution in [0.15, 0.2) is 36.7 Å². The van der Waals surface area contributed by atoms with Crippen molar-refractivity contribution in [2.75, 3.05) is 10.6 Å². The molecule has 0 bridgehead atoms. The first kappa shape index (κ1) is 23.2. The number of anilines is 2. The highest BCUT2D eigenvalue weighted by Crippen LogP contribution is 2.30. The second-order valence-corrected chi connectivity index (χ2v) is 9.47. The van der Waals surface area contributed by atoms with Crippen LogP contribution in [-0.4, -0.2) is 32.9 Å². The summed E-state index contributed by atoms with van der Waals surface area (Å²) in [6.07, 6.45) is 2.61. The van der Waals surface area contributed by atoms with Crippen LogP contribution in [0.3, 0.4) is 0 Å². The molecule has 3 aromatic rings. The van der Waals surface area contributed by atoms with Crippen molar-refractivity contribution in [1.82, 2.24) is 9.55 Å². The van der Waals surface area contributed by atoms with Crippen molar-refractivity contribution in [3.05, 3.63) is 52.8 Å². The zero-order valence-electron chi connectivity index (χ0n) is 18.9. The van der Waals surface area contributed by atoms with Gasteiger partial charge in [-0.1, -0.05) is 0 Å². The van der Waals surface area contributed by atoms with Gasteiger partial charge in [-0.2, -0.15) is 0 Å². The molecule has 3 heterocycles. The number of pyridine rings is 1. The minimum Gasteiger partial charge on any atom is -0.444 e. The molecule has 0 atom stereocenters. The highest BCUT2D eigenvalue weighted by Gasteiger charge is 2.19. The van der Waals surface area contributed by atoms with Crippen molar-refractivity contribution in [3.8, 4) is 10.6 Å². The number of ether oxygens (including phenoxy) is 1. The Kier molecular flexibility index (Phi) is 6.50. The third kappa shape index (κ3) is 5.61. The Morgan fingerprint density at radius 3 is 2.38 bits per heavy atom. The van der Waals surface area contributed by atoms with Crippen LogP contribution in [0.2, 0.25) is 0 Å². The van der Waals surface area contributed by atoms with Gasteiger partial charge < -0.3 is 14.6 Å². The van der Waals surface area contributed by atoms with Crippen LogP contribution in [0.1, 0.15) is 53.4 Å². The third-order valence-electron chi connectivity index (χ3n) is 4.39. The molecule has 168 valence electrons. The van der Waals surface area contributed by atoms with Crippen molar-refractivity contribution in [3.63, 3.8) is 0 Å². The van der Waals surface area contributed by atoms with Gasteiger partial charge in [0.25, 0.3) is 5.91 Å². The number of Topliss-reactive ketones (excluding diaryl/α,β-unsaturated/α-hetero) is 1. The molecular formula is C23H26N4O4S. The highest BCUT2D eigenvalue weighted by atomic mass is 32.1. The van der Waals surface area contributed by atoms with Gasteiger partial charge in [0.1, 0.15) is 11.3 Å². The Balaban J connectivity index is 1.68. The monoisotopic (exact) mass is 454 g/mol. The fourth-order valence-corrected chi connectivity index (χ4v) is 4.09. The second kappa shape index (κ2) is 8.96. The number of nitrogens with one attached hydrogen (secondary N) is 2. The van der Waals surface area contributed by atoms with Crippen molar-refractivity contribution in [2.45, 2.75) is 40.2 Å². The number of carbonyl (C=O) groups is 3. The van der Waals surface area contributed by atoms with Crippen molar-refractivity contribution in [2.24, 2.45) is 7.05 Å². The molecule has 0 aliphatic carbocycles. The predicted octanol–water partition coefficient (Wildman–Crippen LogP) is 5.26. The molecule has 2 N–H and O–H groups in total. The summed E-state index contributed by atoms with van der Waals surface area (Å²) in [6, 6.07) is 7.06. The molecule has 0 fully saturated rings. The molecular weight excluding hydrogens is 428 g/mol. The first-order valence-corrected chi connectivity index (χ1v) is 10.8. The lowest BCUT2D eigenvalue weighted by Gasteiger charge is -2.19. The standard InChI is InChI=1S/C23H26N4O4S/c1-13-9-19(32-20(13)14(2)28)17-8-7-15(11-24-17)25-21(29)18-10-16(12-27(18)6)26-22(30)31-23(3,4)5/h7-12H,1-6H3,(H,25,29)(H,26,30). The molecule has 0 aromatic carbocycles. The first-order chi connectivity index (χ1) is 14.9. The quantitative estimate of drug-likeness (QED) is 0.512. The largest absolute Gasteiger partial charge is 0.444 e. The van der Waals surface area contributed by atoms with Crippen LogP contribution < -0.4 is 10.6 Å². The maximum absolute atomic E-state index is 12.7. The van der Waals surface area contributed by atoms with Gasteiger partial charge in [-0.3, -0.25) is 19.9 Å². The van der Waals surface area contributed by atoms with Gasteiger partial charge in [0.05, 0.1) is 33.0 Å². The number of hydrogen-bond donors (Lipinski definition) is 2. The van der Waals surface area contributed by atoms with Gasteiger partial charge in [-0.25, -0.2) is 4.79 Å². The summed E-state index contributed by atoms with van der Waals surface area (Å²) in [7, 11) is 1.71. The maximum atomic E-state index is 12.7. The number of hydrogen-bond acceptors (Lipinski definition) is 6. The number of amides is 2. The molecule has 0 radical (unpaired) electrons. The van der Waals surface area contributed by atoms with E-state index in [0.717, 1.165) is 21.0 Å². The average molecular weight is 455 g/mol. The van der Waals surface area contributed by atoms with E-state index in [1.165, 1.54) is 11.3 Å². The van der Waals surface area contributed by atoms with E-state index in [9.17, 15) is 14.4 Å². The van der Waals surface area contributed by atoms with E-state index in [4.69, 9.17) is 4.74 Å². The van der Waals surface area contributed by atoms with Crippen LogP contribution in [0.4, 0.5) is 16.2 Å². The summed E-state index contributed by atoms with van der Waals surface area (Å²) in [5.74, 6) is -0.309. The van der Waals surface area contributed by atoms with E-state index >= 15 is 0 Å². The normalized spacial score (nSPS) is 11.2. The molecule has 0 spiro atoms. The van der Waals surface area contributed by atoms with E-state index in [1.807, 2.05) is 13.0 Å². The number of ketones is 1. The highest BCUT2D eigenvalue weighted by molar-refractivity contribution is 7.17. The summed E-state index contributed by atoms with van der Waals surface area (Å²) in [4.78, 5) is 42.4. The van der Waals surface area contributed by atoms with Crippen molar-refractivity contribution in [1.29, 1.82) is 0 Å². The van der Waals surface area contributed by atoms with Crippen LogP contribution in [0.25, 0.3) is 10.6 Å². The fraction of sp³-hybridized carbons (Fsp3) is 0.304. The van der Waals surface area contributed by atoms with E-state index in [-0.39, 0.29) is 11.7 Å².